The van der Waals surface area contributed by atoms with Gasteiger partial charge in [-0.15, -0.1) is 0 Å². The average Bonchev–Trinajstić information content (AvgIpc) is 3.05. The molecule has 1 fully saturated rings. The van der Waals surface area contributed by atoms with Gasteiger partial charge in [-0.3, -0.25) is 0 Å². The van der Waals surface area contributed by atoms with Crippen LogP contribution in [0.25, 0.3) is 0 Å². The number of rotatable bonds is 4. The van der Waals surface area contributed by atoms with E-state index in [-0.39, 0.29) is 11.4 Å². The lowest BCUT2D eigenvalue weighted by Gasteiger charge is -2.22. The van der Waals surface area contributed by atoms with Gasteiger partial charge in [0.25, 0.3) is 0 Å². The number of hydrogen-bond donors (Lipinski definition) is 2. The molecule has 0 unspecified atom stereocenters. The van der Waals surface area contributed by atoms with E-state index >= 15 is 0 Å². The van der Waals surface area contributed by atoms with E-state index in [0.29, 0.717) is 19.4 Å². The third kappa shape index (κ3) is 2.68. The highest BCUT2D eigenvalue weighted by Crippen LogP contribution is 2.30. The summed E-state index contributed by atoms with van der Waals surface area (Å²) in [5.41, 5.74) is 0.0415. The standard InChI is InChI=1S/C14H19NO4S/c16-14(6-1-2-7-14)10-15-20(17,18)12-3-4-13-11(9-12)5-8-19-13/h3-4,9,15-16H,1-2,5-8,10H2. The average molecular weight is 297 g/mol. The van der Waals surface area contributed by atoms with E-state index in [1.807, 2.05) is 0 Å². The second-order valence-electron chi connectivity index (χ2n) is 5.62. The predicted molar refractivity (Wildman–Crippen MR) is 74.2 cm³/mol. The van der Waals surface area contributed by atoms with Crippen LogP contribution in [0.1, 0.15) is 31.2 Å². The first-order chi connectivity index (χ1) is 9.49. The Balaban J connectivity index is 1.74. The van der Waals surface area contributed by atoms with Gasteiger partial charge in [-0.25, -0.2) is 13.1 Å². The molecule has 0 bridgehead atoms. The summed E-state index contributed by atoms with van der Waals surface area (Å²) in [6, 6.07) is 4.90. The van der Waals surface area contributed by atoms with Gasteiger partial charge in [-0.2, -0.15) is 0 Å². The van der Waals surface area contributed by atoms with Gasteiger partial charge in [-0.05, 0) is 36.6 Å². The number of ether oxygens (including phenoxy) is 1. The maximum atomic E-state index is 12.3. The molecule has 0 spiro atoms. The van der Waals surface area contributed by atoms with Crippen LogP contribution in [0.5, 0.6) is 5.75 Å². The molecule has 1 aliphatic heterocycles. The third-order valence-electron chi connectivity index (χ3n) is 4.10. The highest BCUT2D eigenvalue weighted by Gasteiger charge is 2.32. The van der Waals surface area contributed by atoms with Crippen LogP contribution in [0.2, 0.25) is 0 Å². The summed E-state index contributed by atoms with van der Waals surface area (Å²) in [5, 5.41) is 10.2. The fourth-order valence-corrected chi connectivity index (χ4v) is 4.02. The maximum Gasteiger partial charge on any atom is 0.240 e. The van der Waals surface area contributed by atoms with Crippen LogP contribution in [0.15, 0.2) is 23.1 Å². The van der Waals surface area contributed by atoms with E-state index in [9.17, 15) is 13.5 Å². The van der Waals surface area contributed by atoms with Gasteiger partial charge in [0.05, 0.1) is 17.1 Å². The molecule has 6 heteroatoms. The molecule has 110 valence electrons. The van der Waals surface area contributed by atoms with Crippen molar-refractivity contribution in [2.24, 2.45) is 0 Å². The molecule has 20 heavy (non-hydrogen) atoms. The Labute approximate surface area is 119 Å². The zero-order valence-corrected chi connectivity index (χ0v) is 12.1. The first-order valence-electron chi connectivity index (χ1n) is 6.96. The minimum atomic E-state index is -3.57. The Bertz CT molecular complexity index is 606. The fraction of sp³-hybridized carbons (Fsp3) is 0.571. The van der Waals surface area contributed by atoms with E-state index in [0.717, 1.165) is 30.6 Å². The van der Waals surface area contributed by atoms with Crippen molar-refractivity contribution >= 4 is 10.0 Å². The molecule has 1 aliphatic carbocycles. The number of sulfonamides is 1. The zero-order chi connectivity index (χ0) is 14.2. The monoisotopic (exact) mass is 297 g/mol. The van der Waals surface area contributed by atoms with Crippen molar-refractivity contribution in [1.82, 2.24) is 4.72 Å². The lowest BCUT2D eigenvalue weighted by atomic mass is 10.0. The van der Waals surface area contributed by atoms with Gasteiger partial charge in [-0.1, -0.05) is 12.8 Å². The van der Waals surface area contributed by atoms with Gasteiger partial charge in [0.1, 0.15) is 5.75 Å². The normalized spacial score (nSPS) is 20.6. The van der Waals surface area contributed by atoms with Crippen molar-refractivity contribution in [3.05, 3.63) is 23.8 Å². The van der Waals surface area contributed by atoms with Crippen molar-refractivity contribution < 1.29 is 18.3 Å². The summed E-state index contributed by atoms with van der Waals surface area (Å²) in [7, 11) is -3.57. The minimum absolute atomic E-state index is 0.0862. The molecular weight excluding hydrogens is 278 g/mol. The predicted octanol–water partition coefficient (Wildman–Crippen LogP) is 1.20. The van der Waals surface area contributed by atoms with E-state index in [1.165, 1.54) is 0 Å². The van der Waals surface area contributed by atoms with Gasteiger partial charge in [0, 0.05) is 13.0 Å². The van der Waals surface area contributed by atoms with Gasteiger partial charge >= 0.3 is 0 Å². The molecule has 0 atom stereocenters. The second kappa shape index (κ2) is 5.02. The number of nitrogens with one attached hydrogen (secondary N) is 1. The first kappa shape index (κ1) is 13.9. The van der Waals surface area contributed by atoms with E-state index in [2.05, 4.69) is 4.72 Å². The van der Waals surface area contributed by atoms with E-state index in [4.69, 9.17) is 4.74 Å². The molecule has 2 N–H and O–H groups in total. The molecule has 0 saturated heterocycles. The van der Waals surface area contributed by atoms with Gasteiger partial charge in [0.15, 0.2) is 0 Å². The molecular formula is C14H19NO4S. The quantitative estimate of drug-likeness (QED) is 0.876. The van der Waals surface area contributed by atoms with Crippen molar-refractivity contribution in [1.29, 1.82) is 0 Å². The molecule has 1 saturated carbocycles. The number of benzene rings is 1. The van der Waals surface area contributed by atoms with Crippen LogP contribution in [-0.2, 0) is 16.4 Å². The van der Waals surface area contributed by atoms with Crippen LogP contribution in [-0.4, -0.2) is 32.3 Å². The van der Waals surface area contributed by atoms with Crippen LogP contribution >= 0.6 is 0 Å². The molecule has 1 aromatic rings. The van der Waals surface area contributed by atoms with Crippen molar-refractivity contribution in [3.63, 3.8) is 0 Å². The topological polar surface area (TPSA) is 75.6 Å². The summed E-state index contributed by atoms with van der Waals surface area (Å²) in [5.74, 6) is 0.762. The van der Waals surface area contributed by atoms with Crippen molar-refractivity contribution in [3.8, 4) is 5.75 Å². The Morgan fingerprint density at radius 2 is 2.05 bits per heavy atom. The summed E-state index contributed by atoms with van der Waals surface area (Å²) in [6.45, 7) is 0.689. The molecule has 0 radical (unpaired) electrons. The Kier molecular flexibility index (Phi) is 3.48. The van der Waals surface area contributed by atoms with E-state index in [1.54, 1.807) is 18.2 Å². The molecule has 1 heterocycles. The van der Waals surface area contributed by atoms with Crippen molar-refractivity contribution in [2.75, 3.05) is 13.2 Å². The number of fused-ring (bicyclic) bond motifs is 1. The number of aliphatic hydroxyl groups is 1. The minimum Gasteiger partial charge on any atom is -0.493 e. The lowest BCUT2D eigenvalue weighted by Crippen LogP contribution is -2.40. The third-order valence-corrected chi connectivity index (χ3v) is 5.50. The smallest absolute Gasteiger partial charge is 0.240 e. The molecule has 5 nitrogen and oxygen atoms in total. The van der Waals surface area contributed by atoms with Crippen LogP contribution in [0.3, 0.4) is 0 Å². The van der Waals surface area contributed by atoms with Crippen LogP contribution in [0.4, 0.5) is 0 Å². The largest absolute Gasteiger partial charge is 0.493 e. The summed E-state index contributed by atoms with van der Waals surface area (Å²) >= 11 is 0. The van der Waals surface area contributed by atoms with Crippen molar-refractivity contribution in [2.45, 2.75) is 42.6 Å². The first-order valence-corrected chi connectivity index (χ1v) is 8.45. The number of hydrogen-bond acceptors (Lipinski definition) is 4. The van der Waals surface area contributed by atoms with Crippen LogP contribution in [0, 0.1) is 0 Å². The van der Waals surface area contributed by atoms with Crippen LogP contribution < -0.4 is 9.46 Å². The summed E-state index contributed by atoms with van der Waals surface area (Å²) in [6.07, 6.45) is 3.96. The molecule has 0 aromatic heterocycles. The Hall–Kier alpha value is -1.11. The highest BCUT2D eigenvalue weighted by atomic mass is 32.2. The Morgan fingerprint density at radius 3 is 2.80 bits per heavy atom. The summed E-state index contributed by atoms with van der Waals surface area (Å²) in [4.78, 5) is 0.239. The highest BCUT2D eigenvalue weighted by molar-refractivity contribution is 7.89. The fourth-order valence-electron chi connectivity index (χ4n) is 2.85. The molecule has 3 rings (SSSR count). The molecule has 0 amide bonds. The lowest BCUT2D eigenvalue weighted by molar-refractivity contribution is 0.0532. The van der Waals surface area contributed by atoms with Gasteiger partial charge in [0.2, 0.25) is 10.0 Å². The Morgan fingerprint density at radius 1 is 1.30 bits per heavy atom. The molecule has 1 aromatic carbocycles. The van der Waals surface area contributed by atoms with Gasteiger partial charge < -0.3 is 9.84 Å². The summed E-state index contributed by atoms with van der Waals surface area (Å²) < 4.78 is 32.4. The SMILES string of the molecule is O=S(=O)(NCC1(O)CCCC1)c1ccc2c(c1)CCO2. The van der Waals surface area contributed by atoms with E-state index < -0.39 is 15.6 Å². The zero-order valence-electron chi connectivity index (χ0n) is 11.3. The maximum absolute atomic E-state index is 12.3. The molecule has 2 aliphatic rings. The second-order valence-corrected chi connectivity index (χ2v) is 7.39.